The normalized spacial score (nSPS) is 10.7. The van der Waals surface area contributed by atoms with Crippen molar-refractivity contribution in [3.05, 3.63) is 65.2 Å². The number of carboxylic acids is 2. The number of aliphatic carboxylic acids is 2. The van der Waals surface area contributed by atoms with Gasteiger partial charge in [0.25, 0.3) is 0 Å². The first kappa shape index (κ1) is 25.0. The van der Waals surface area contributed by atoms with Gasteiger partial charge in [-0.1, -0.05) is 42.0 Å². The highest BCUT2D eigenvalue weighted by Crippen LogP contribution is 2.14. The summed E-state index contributed by atoms with van der Waals surface area (Å²) >= 11 is 0. The van der Waals surface area contributed by atoms with Gasteiger partial charge in [-0.15, -0.1) is 0 Å². The average molecular weight is 427 g/mol. The number of alkyl halides is 3. The summed E-state index contributed by atoms with van der Waals surface area (Å²) in [6, 6.07) is 16.4. The zero-order valence-electron chi connectivity index (χ0n) is 16.4. The molecule has 0 fully saturated rings. The molecular weight excluding hydrogens is 403 g/mol. The van der Waals surface area contributed by atoms with Gasteiger partial charge in [-0.3, -0.25) is 4.79 Å². The molecule has 2 rings (SSSR count). The van der Waals surface area contributed by atoms with Crippen LogP contribution in [0.2, 0.25) is 0 Å². The molecule has 0 saturated heterocycles. The van der Waals surface area contributed by atoms with Crippen LogP contribution < -0.4 is 10.1 Å². The van der Waals surface area contributed by atoms with E-state index >= 15 is 0 Å². The minimum Gasteiger partial charge on any atom is -0.493 e. The summed E-state index contributed by atoms with van der Waals surface area (Å²) in [5.41, 5.74) is 3.61. The fourth-order valence-electron chi connectivity index (χ4n) is 2.21. The minimum atomic E-state index is -5.08. The van der Waals surface area contributed by atoms with Crippen LogP contribution in [0.1, 0.15) is 23.1 Å². The third kappa shape index (κ3) is 11.1. The van der Waals surface area contributed by atoms with Crippen LogP contribution in [0.25, 0.3) is 0 Å². The van der Waals surface area contributed by atoms with Crippen LogP contribution in [-0.2, 0) is 22.6 Å². The van der Waals surface area contributed by atoms with Gasteiger partial charge in [0.05, 0.1) is 13.0 Å². The molecule has 6 nitrogen and oxygen atoms in total. The Kier molecular flexibility index (Phi) is 10.4. The van der Waals surface area contributed by atoms with E-state index < -0.39 is 18.1 Å². The van der Waals surface area contributed by atoms with E-state index in [0.29, 0.717) is 19.7 Å². The van der Waals surface area contributed by atoms with Crippen molar-refractivity contribution in [2.45, 2.75) is 32.5 Å². The molecule has 30 heavy (non-hydrogen) atoms. The summed E-state index contributed by atoms with van der Waals surface area (Å²) in [6.45, 7) is 3.82. The SMILES string of the molecule is Cc1ccc(CCOc2cccc(CNCCC(=O)O)c2)cc1.O=C(O)C(F)(F)F. The second-order valence-corrected chi connectivity index (χ2v) is 6.35. The van der Waals surface area contributed by atoms with Gasteiger partial charge in [-0.25, -0.2) is 4.79 Å². The molecule has 2 aromatic rings. The standard InChI is InChI=1S/C19H23NO3.C2HF3O2/c1-15-5-7-16(8-6-15)10-12-23-18-4-2-3-17(13-18)14-20-11-9-19(21)22;3-2(4,5)1(6)7/h2-8,13,20H,9-12,14H2,1H3,(H,21,22);(H,6,7). The van der Waals surface area contributed by atoms with Crippen molar-refractivity contribution >= 4 is 11.9 Å². The molecule has 2 aromatic carbocycles. The van der Waals surface area contributed by atoms with E-state index in [1.54, 1.807) is 0 Å². The lowest BCUT2D eigenvalue weighted by Crippen LogP contribution is -2.21. The number of halogens is 3. The van der Waals surface area contributed by atoms with Gasteiger partial charge >= 0.3 is 18.1 Å². The van der Waals surface area contributed by atoms with Crippen LogP contribution in [-0.4, -0.2) is 41.5 Å². The lowest BCUT2D eigenvalue weighted by Gasteiger charge is -2.09. The molecule has 3 N–H and O–H groups in total. The smallest absolute Gasteiger partial charge is 0.490 e. The Morgan fingerprint density at radius 2 is 1.67 bits per heavy atom. The molecule has 0 radical (unpaired) electrons. The molecule has 9 heteroatoms. The Labute approximate surface area is 172 Å². The van der Waals surface area contributed by atoms with E-state index in [1.165, 1.54) is 11.1 Å². The topological polar surface area (TPSA) is 95.9 Å². The Morgan fingerprint density at radius 3 is 2.23 bits per heavy atom. The van der Waals surface area contributed by atoms with Crippen molar-refractivity contribution in [2.75, 3.05) is 13.2 Å². The third-order valence-corrected chi connectivity index (χ3v) is 3.77. The van der Waals surface area contributed by atoms with Crippen molar-refractivity contribution in [3.63, 3.8) is 0 Å². The molecule has 0 unspecified atom stereocenters. The third-order valence-electron chi connectivity index (χ3n) is 3.77. The molecular formula is C21H24F3NO5. The summed E-state index contributed by atoms with van der Waals surface area (Å²) in [4.78, 5) is 19.4. The fourth-order valence-corrected chi connectivity index (χ4v) is 2.21. The van der Waals surface area contributed by atoms with Crippen molar-refractivity contribution < 1.29 is 37.7 Å². The zero-order chi connectivity index (χ0) is 22.6. The largest absolute Gasteiger partial charge is 0.493 e. The summed E-state index contributed by atoms with van der Waals surface area (Å²) in [6.07, 6.45) is -4.08. The zero-order valence-corrected chi connectivity index (χ0v) is 16.4. The quantitative estimate of drug-likeness (QED) is 0.527. The summed E-state index contributed by atoms with van der Waals surface area (Å²) < 4.78 is 37.5. The molecule has 0 aliphatic rings. The molecule has 0 bridgehead atoms. The monoisotopic (exact) mass is 427 g/mol. The van der Waals surface area contributed by atoms with Crippen LogP contribution in [0.15, 0.2) is 48.5 Å². The van der Waals surface area contributed by atoms with E-state index in [0.717, 1.165) is 17.7 Å². The van der Waals surface area contributed by atoms with Crippen molar-refractivity contribution in [2.24, 2.45) is 0 Å². The summed E-state index contributed by atoms with van der Waals surface area (Å²) in [5.74, 6) is -2.70. The Morgan fingerprint density at radius 1 is 1.03 bits per heavy atom. The molecule has 0 amide bonds. The fraction of sp³-hybridized carbons (Fsp3) is 0.333. The number of hydrogen-bond acceptors (Lipinski definition) is 4. The Bertz CT molecular complexity index is 807. The number of carboxylic acid groups (broad SMARTS) is 2. The van der Waals surface area contributed by atoms with Crippen molar-refractivity contribution in [1.82, 2.24) is 5.32 Å². The van der Waals surface area contributed by atoms with E-state index in [-0.39, 0.29) is 6.42 Å². The van der Waals surface area contributed by atoms with Crippen LogP contribution in [0, 0.1) is 6.92 Å². The van der Waals surface area contributed by atoms with Gasteiger partial charge in [-0.05, 0) is 30.2 Å². The second-order valence-electron chi connectivity index (χ2n) is 6.35. The Hall–Kier alpha value is -3.07. The molecule has 0 atom stereocenters. The molecule has 164 valence electrons. The van der Waals surface area contributed by atoms with E-state index in [1.807, 2.05) is 24.3 Å². The lowest BCUT2D eigenvalue weighted by atomic mass is 10.1. The maximum Gasteiger partial charge on any atom is 0.490 e. The predicted octanol–water partition coefficient (Wildman–Crippen LogP) is 3.81. The number of nitrogens with one attached hydrogen (secondary N) is 1. The van der Waals surface area contributed by atoms with Gasteiger partial charge < -0.3 is 20.3 Å². The number of hydrogen-bond donors (Lipinski definition) is 3. The van der Waals surface area contributed by atoms with E-state index in [2.05, 4.69) is 36.5 Å². The minimum absolute atomic E-state index is 0.132. The number of carbonyl (C=O) groups is 2. The Balaban J connectivity index is 0.000000553. The highest BCUT2D eigenvalue weighted by Gasteiger charge is 2.38. The number of aryl methyl sites for hydroxylation is 1. The van der Waals surface area contributed by atoms with Gasteiger partial charge in [0.2, 0.25) is 0 Å². The van der Waals surface area contributed by atoms with Crippen molar-refractivity contribution in [3.8, 4) is 5.75 Å². The number of ether oxygens (including phenoxy) is 1. The van der Waals surface area contributed by atoms with E-state index in [4.69, 9.17) is 19.7 Å². The first-order valence-corrected chi connectivity index (χ1v) is 9.08. The van der Waals surface area contributed by atoms with Gasteiger partial charge in [0, 0.05) is 19.5 Å². The van der Waals surface area contributed by atoms with Crippen LogP contribution >= 0.6 is 0 Å². The average Bonchev–Trinajstić information content (AvgIpc) is 2.67. The second kappa shape index (κ2) is 12.5. The molecule has 0 aliphatic carbocycles. The summed E-state index contributed by atoms with van der Waals surface area (Å²) in [7, 11) is 0. The molecule has 0 saturated carbocycles. The molecule has 0 heterocycles. The van der Waals surface area contributed by atoms with Crippen LogP contribution in [0.4, 0.5) is 13.2 Å². The van der Waals surface area contributed by atoms with Gasteiger partial charge in [-0.2, -0.15) is 13.2 Å². The van der Waals surface area contributed by atoms with E-state index in [9.17, 15) is 18.0 Å². The first-order chi connectivity index (χ1) is 14.1. The molecule has 0 spiro atoms. The van der Waals surface area contributed by atoms with Crippen LogP contribution in [0.3, 0.4) is 0 Å². The van der Waals surface area contributed by atoms with Gasteiger partial charge in [0.15, 0.2) is 0 Å². The number of benzene rings is 2. The lowest BCUT2D eigenvalue weighted by molar-refractivity contribution is -0.192. The highest BCUT2D eigenvalue weighted by molar-refractivity contribution is 5.73. The highest BCUT2D eigenvalue weighted by atomic mass is 19.4. The number of rotatable bonds is 9. The molecule has 0 aromatic heterocycles. The maximum atomic E-state index is 10.6. The molecule has 0 aliphatic heterocycles. The predicted molar refractivity (Wildman–Crippen MR) is 104 cm³/mol. The van der Waals surface area contributed by atoms with Crippen molar-refractivity contribution in [1.29, 1.82) is 0 Å². The first-order valence-electron chi connectivity index (χ1n) is 9.08. The van der Waals surface area contributed by atoms with Gasteiger partial charge in [0.1, 0.15) is 5.75 Å². The maximum absolute atomic E-state index is 10.6. The summed E-state index contributed by atoms with van der Waals surface area (Å²) in [5, 5.41) is 18.8. The van der Waals surface area contributed by atoms with Crippen LogP contribution in [0.5, 0.6) is 5.75 Å².